The lowest BCUT2D eigenvalue weighted by Gasteiger charge is -2.39. The number of nitrogens with one attached hydrogen (secondary N) is 1. The van der Waals surface area contributed by atoms with E-state index in [1.54, 1.807) is 0 Å². The number of nitrogens with zero attached hydrogens (tertiary/aromatic N) is 1. The van der Waals surface area contributed by atoms with Crippen LogP contribution in [0.3, 0.4) is 0 Å². The normalized spacial score (nSPS) is 34.0. The van der Waals surface area contributed by atoms with E-state index in [4.69, 9.17) is 0 Å². The van der Waals surface area contributed by atoms with Crippen LogP contribution in [0.4, 0.5) is 0 Å². The first-order valence-corrected chi connectivity index (χ1v) is 8.71. The Bertz CT molecular complexity index is 415. The maximum absolute atomic E-state index is 12.4. The maximum Gasteiger partial charge on any atom is 0.251 e. The van der Waals surface area contributed by atoms with Gasteiger partial charge in [0.25, 0.3) is 5.91 Å². The lowest BCUT2D eigenvalue weighted by Crippen LogP contribution is -2.53. The number of rotatable bonds is 5. The van der Waals surface area contributed by atoms with Crippen molar-refractivity contribution < 1.29 is 4.79 Å². The molecule has 2 rings (SSSR count). The zero-order valence-electron chi connectivity index (χ0n) is 14.4. The zero-order chi connectivity index (χ0) is 15.6. The maximum atomic E-state index is 12.4. The van der Waals surface area contributed by atoms with Crippen LogP contribution >= 0.6 is 0 Å². The fraction of sp³-hybridized carbons (Fsp3) is 0.833. The van der Waals surface area contributed by atoms with Gasteiger partial charge >= 0.3 is 0 Å². The van der Waals surface area contributed by atoms with E-state index in [9.17, 15) is 4.79 Å². The Morgan fingerprint density at radius 3 is 2.62 bits per heavy atom. The number of hydrogen-bond donors (Lipinski definition) is 1. The number of carbonyl (C=O) groups is 1. The van der Waals surface area contributed by atoms with Crippen LogP contribution in [-0.2, 0) is 4.79 Å². The molecule has 4 atom stereocenters. The lowest BCUT2D eigenvalue weighted by molar-refractivity contribution is -0.127. The monoisotopic (exact) mass is 292 g/mol. The molecule has 0 radical (unpaired) electrons. The third-order valence-corrected chi connectivity index (χ3v) is 5.73. The van der Waals surface area contributed by atoms with E-state index in [1.165, 1.54) is 24.8 Å². The summed E-state index contributed by atoms with van der Waals surface area (Å²) in [7, 11) is 0. The van der Waals surface area contributed by atoms with E-state index in [1.807, 2.05) is 6.92 Å². The van der Waals surface area contributed by atoms with Crippen LogP contribution in [-0.4, -0.2) is 29.6 Å². The van der Waals surface area contributed by atoms with E-state index in [0.29, 0.717) is 12.0 Å². The van der Waals surface area contributed by atoms with Crippen molar-refractivity contribution in [2.45, 2.75) is 78.9 Å². The second-order valence-corrected chi connectivity index (χ2v) is 7.10. The minimum atomic E-state index is 0.127. The van der Waals surface area contributed by atoms with Crippen LogP contribution in [0, 0.1) is 11.8 Å². The second kappa shape index (κ2) is 6.95. The Balaban J connectivity index is 2.09. The van der Waals surface area contributed by atoms with Crippen LogP contribution in [0.25, 0.3) is 0 Å². The van der Waals surface area contributed by atoms with Crippen molar-refractivity contribution in [1.82, 2.24) is 10.2 Å². The molecule has 1 aliphatic heterocycles. The molecule has 0 aromatic carbocycles. The smallest absolute Gasteiger partial charge is 0.251 e. The molecular formula is C18H32N2O. The first kappa shape index (κ1) is 16.5. The van der Waals surface area contributed by atoms with Gasteiger partial charge in [0.05, 0.1) is 0 Å². The first-order chi connectivity index (χ1) is 9.97. The van der Waals surface area contributed by atoms with Gasteiger partial charge < -0.3 is 4.90 Å². The van der Waals surface area contributed by atoms with Crippen molar-refractivity contribution in [2.24, 2.45) is 11.8 Å². The number of hydrogen-bond acceptors (Lipinski definition) is 2. The molecular weight excluding hydrogens is 260 g/mol. The van der Waals surface area contributed by atoms with Crippen LogP contribution in [0.1, 0.15) is 66.7 Å². The largest absolute Gasteiger partial charge is 0.319 e. The van der Waals surface area contributed by atoms with Gasteiger partial charge in [0, 0.05) is 18.2 Å². The lowest BCUT2D eigenvalue weighted by atomic mass is 9.78. The van der Waals surface area contributed by atoms with Gasteiger partial charge in [0.15, 0.2) is 0 Å². The number of unbranched alkanes of at least 4 members (excludes halogenated alkanes) is 1. The third-order valence-electron chi connectivity index (χ3n) is 5.73. The first-order valence-electron chi connectivity index (χ1n) is 8.71. The van der Waals surface area contributed by atoms with Crippen molar-refractivity contribution >= 4 is 5.91 Å². The van der Waals surface area contributed by atoms with Crippen LogP contribution < -0.4 is 5.32 Å². The second-order valence-electron chi connectivity index (χ2n) is 7.10. The third kappa shape index (κ3) is 3.33. The summed E-state index contributed by atoms with van der Waals surface area (Å²) < 4.78 is 0. The summed E-state index contributed by atoms with van der Waals surface area (Å²) in [4.78, 5) is 14.5. The highest BCUT2D eigenvalue weighted by Gasteiger charge is 2.37. The van der Waals surface area contributed by atoms with E-state index in [0.717, 1.165) is 30.9 Å². The van der Waals surface area contributed by atoms with Crippen molar-refractivity contribution in [3.63, 3.8) is 0 Å². The minimum absolute atomic E-state index is 0.127. The molecule has 2 aliphatic rings. The Labute approximate surface area is 130 Å². The molecule has 0 unspecified atom stereocenters. The van der Waals surface area contributed by atoms with Crippen LogP contribution in [0.2, 0.25) is 0 Å². The fourth-order valence-corrected chi connectivity index (χ4v) is 3.73. The van der Waals surface area contributed by atoms with Gasteiger partial charge in [0.1, 0.15) is 6.17 Å². The van der Waals surface area contributed by atoms with Crippen molar-refractivity contribution in [1.29, 1.82) is 0 Å². The predicted molar refractivity (Wildman–Crippen MR) is 87.9 cm³/mol. The molecule has 21 heavy (non-hydrogen) atoms. The zero-order valence-corrected chi connectivity index (χ0v) is 14.4. The summed E-state index contributed by atoms with van der Waals surface area (Å²) >= 11 is 0. The summed E-state index contributed by atoms with van der Waals surface area (Å²) in [5.41, 5.74) is 2.17. The summed E-state index contributed by atoms with van der Waals surface area (Å²) in [6.45, 7) is 11.9. The highest BCUT2D eigenvalue weighted by Crippen LogP contribution is 2.32. The van der Waals surface area contributed by atoms with Crippen molar-refractivity contribution in [2.75, 3.05) is 6.54 Å². The molecule has 120 valence electrons. The Kier molecular flexibility index (Phi) is 5.48. The Morgan fingerprint density at radius 1 is 1.24 bits per heavy atom. The molecule has 3 heteroatoms. The highest BCUT2D eigenvalue weighted by molar-refractivity contribution is 5.96. The van der Waals surface area contributed by atoms with Gasteiger partial charge in [0.2, 0.25) is 0 Å². The average molecular weight is 292 g/mol. The van der Waals surface area contributed by atoms with Crippen LogP contribution in [0.15, 0.2) is 11.1 Å². The van der Waals surface area contributed by atoms with E-state index < -0.39 is 0 Å². The number of carbonyl (C=O) groups excluding carboxylic acids is 1. The Morgan fingerprint density at radius 2 is 1.95 bits per heavy atom. The van der Waals surface area contributed by atoms with Gasteiger partial charge in [-0.3, -0.25) is 10.1 Å². The topological polar surface area (TPSA) is 32.3 Å². The molecule has 0 aromatic rings. The standard InChI is InChI=1S/C18H32N2O/c1-6-7-11-20-17(14(4)15(5)18(20)21)19-16-10-8-9-12(2)13(16)3/h12-13,16-17,19H,6-11H2,1-5H3/t12-,13-,16-,17-/m1/s1. The molecule has 0 saturated heterocycles. The molecule has 1 N–H and O–H groups in total. The van der Waals surface area contributed by atoms with Crippen molar-refractivity contribution in [3.8, 4) is 0 Å². The van der Waals surface area contributed by atoms with Gasteiger partial charge in [-0.1, -0.05) is 40.0 Å². The highest BCUT2D eigenvalue weighted by atomic mass is 16.2. The average Bonchev–Trinajstić information content (AvgIpc) is 2.66. The molecule has 0 spiro atoms. The summed E-state index contributed by atoms with van der Waals surface area (Å²) in [6.07, 6.45) is 6.23. The van der Waals surface area contributed by atoms with Gasteiger partial charge in [-0.2, -0.15) is 0 Å². The van der Waals surface area contributed by atoms with Crippen molar-refractivity contribution in [3.05, 3.63) is 11.1 Å². The summed E-state index contributed by atoms with van der Waals surface area (Å²) in [6, 6.07) is 0.538. The SMILES string of the molecule is CCCCN1C(=O)C(C)=C(C)[C@@H]1N[C@@H]1CCC[C@@H](C)[C@H]1C. The quantitative estimate of drug-likeness (QED) is 0.838. The molecule has 1 heterocycles. The molecule has 3 nitrogen and oxygen atoms in total. The molecule has 1 saturated carbocycles. The van der Waals surface area contributed by atoms with E-state index in [-0.39, 0.29) is 12.1 Å². The van der Waals surface area contributed by atoms with Gasteiger partial charge in [-0.05, 0) is 44.1 Å². The summed E-state index contributed by atoms with van der Waals surface area (Å²) in [5, 5.41) is 3.81. The fourth-order valence-electron chi connectivity index (χ4n) is 3.73. The minimum Gasteiger partial charge on any atom is -0.319 e. The Hall–Kier alpha value is -0.830. The summed E-state index contributed by atoms with van der Waals surface area (Å²) in [5.74, 6) is 1.70. The number of amides is 1. The molecule has 0 aromatic heterocycles. The van der Waals surface area contributed by atoms with E-state index >= 15 is 0 Å². The molecule has 1 amide bonds. The van der Waals surface area contributed by atoms with E-state index in [2.05, 4.69) is 37.9 Å². The molecule has 0 bridgehead atoms. The van der Waals surface area contributed by atoms with Crippen LogP contribution in [0.5, 0.6) is 0 Å². The predicted octanol–water partition coefficient (Wildman–Crippen LogP) is 3.71. The van der Waals surface area contributed by atoms with Gasteiger partial charge in [-0.25, -0.2) is 0 Å². The van der Waals surface area contributed by atoms with Gasteiger partial charge in [-0.15, -0.1) is 0 Å². The molecule has 1 aliphatic carbocycles. The molecule has 1 fully saturated rings.